The van der Waals surface area contributed by atoms with Crippen molar-refractivity contribution in [3.8, 4) is 28.4 Å². The third-order valence-electron chi connectivity index (χ3n) is 4.02. The van der Waals surface area contributed by atoms with E-state index in [1.165, 1.54) is 0 Å². The molecule has 3 aromatic rings. The molecule has 23 heavy (non-hydrogen) atoms. The summed E-state index contributed by atoms with van der Waals surface area (Å²) in [7, 11) is 3.14. The Hall–Kier alpha value is -2.95. The number of para-hydroxylation sites is 1. The van der Waals surface area contributed by atoms with Crippen LogP contribution < -0.4 is 19.8 Å². The molecule has 0 N–H and O–H groups in total. The van der Waals surface area contributed by atoms with Crippen molar-refractivity contribution in [3.05, 3.63) is 52.4 Å². The lowest BCUT2D eigenvalue weighted by molar-refractivity contribution is 0.300. The molecule has 116 valence electrons. The summed E-state index contributed by atoms with van der Waals surface area (Å²) < 4.78 is 22.0. The van der Waals surface area contributed by atoms with Crippen molar-refractivity contribution in [1.82, 2.24) is 0 Å². The molecule has 4 rings (SSSR count). The predicted molar refractivity (Wildman–Crippen MR) is 85.4 cm³/mol. The molecular formula is C18H14O5. The zero-order valence-corrected chi connectivity index (χ0v) is 12.7. The van der Waals surface area contributed by atoms with E-state index in [1.54, 1.807) is 26.4 Å². The van der Waals surface area contributed by atoms with Gasteiger partial charge in [-0.2, -0.15) is 0 Å². The van der Waals surface area contributed by atoms with Crippen LogP contribution in [-0.4, -0.2) is 14.2 Å². The van der Waals surface area contributed by atoms with Gasteiger partial charge in [-0.3, -0.25) is 0 Å². The maximum absolute atomic E-state index is 12.5. The molecule has 0 saturated heterocycles. The van der Waals surface area contributed by atoms with E-state index in [-0.39, 0.29) is 0 Å². The zero-order chi connectivity index (χ0) is 16.0. The molecule has 2 aromatic carbocycles. The van der Waals surface area contributed by atoms with Gasteiger partial charge in [0.15, 0.2) is 11.5 Å². The fourth-order valence-electron chi connectivity index (χ4n) is 2.93. The molecule has 2 heterocycles. The number of benzene rings is 2. The molecule has 0 amide bonds. The lowest BCUT2D eigenvalue weighted by atomic mass is 9.96. The maximum Gasteiger partial charge on any atom is 0.348 e. The molecule has 0 aliphatic carbocycles. The lowest BCUT2D eigenvalue weighted by Crippen LogP contribution is -2.14. The third kappa shape index (κ3) is 1.97. The summed E-state index contributed by atoms with van der Waals surface area (Å²) in [4.78, 5) is 12.5. The smallest absolute Gasteiger partial charge is 0.348 e. The van der Waals surface area contributed by atoms with Crippen molar-refractivity contribution >= 4 is 11.0 Å². The van der Waals surface area contributed by atoms with Gasteiger partial charge in [-0.15, -0.1) is 0 Å². The van der Waals surface area contributed by atoms with Gasteiger partial charge in [-0.25, -0.2) is 4.79 Å². The molecule has 1 aromatic heterocycles. The van der Waals surface area contributed by atoms with E-state index in [0.717, 1.165) is 16.5 Å². The number of ether oxygens (including phenoxy) is 3. The van der Waals surface area contributed by atoms with E-state index in [1.807, 2.05) is 24.3 Å². The summed E-state index contributed by atoms with van der Waals surface area (Å²) in [6.45, 7) is 0.357. The highest BCUT2D eigenvalue weighted by molar-refractivity contribution is 5.92. The van der Waals surface area contributed by atoms with Gasteiger partial charge in [0.05, 0.1) is 19.6 Å². The van der Waals surface area contributed by atoms with Crippen LogP contribution in [0.25, 0.3) is 22.1 Å². The molecule has 0 bridgehead atoms. The number of hydrogen-bond donors (Lipinski definition) is 0. The van der Waals surface area contributed by atoms with Crippen LogP contribution in [0.5, 0.6) is 17.2 Å². The van der Waals surface area contributed by atoms with E-state index < -0.39 is 5.63 Å². The third-order valence-corrected chi connectivity index (χ3v) is 4.02. The Balaban J connectivity index is 2.07. The molecule has 0 radical (unpaired) electrons. The van der Waals surface area contributed by atoms with Crippen molar-refractivity contribution in [2.75, 3.05) is 14.2 Å². The SMILES string of the molecule is COc1cc2c(cc1OC)-c1c(c3ccccc3oc1=O)OC2. The Labute approximate surface area is 132 Å². The van der Waals surface area contributed by atoms with Gasteiger partial charge in [0.2, 0.25) is 0 Å². The van der Waals surface area contributed by atoms with Crippen molar-refractivity contribution < 1.29 is 18.6 Å². The van der Waals surface area contributed by atoms with Gasteiger partial charge >= 0.3 is 5.63 Å². The first-order chi connectivity index (χ1) is 11.2. The van der Waals surface area contributed by atoms with Crippen molar-refractivity contribution in [2.24, 2.45) is 0 Å². The molecule has 1 aliphatic rings. The molecule has 0 saturated carbocycles. The first-order valence-corrected chi connectivity index (χ1v) is 7.17. The summed E-state index contributed by atoms with van der Waals surface area (Å²) in [5.41, 5.74) is 2.12. The highest BCUT2D eigenvalue weighted by Crippen LogP contribution is 2.43. The molecule has 0 spiro atoms. The fourth-order valence-corrected chi connectivity index (χ4v) is 2.93. The summed E-state index contributed by atoms with van der Waals surface area (Å²) in [6, 6.07) is 11.0. The lowest BCUT2D eigenvalue weighted by Gasteiger charge is -2.22. The highest BCUT2D eigenvalue weighted by atomic mass is 16.5. The average Bonchev–Trinajstić information content (AvgIpc) is 2.59. The van der Waals surface area contributed by atoms with Crippen LogP contribution in [0.2, 0.25) is 0 Å². The Bertz CT molecular complexity index is 971. The highest BCUT2D eigenvalue weighted by Gasteiger charge is 2.26. The van der Waals surface area contributed by atoms with Crippen LogP contribution in [0.4, 0.5) is 0 Å². The molecule has 5 nitrogen and oxygen atoms in total. The van der Waals surface area contributed by atoms with Crippen LogP contribution in [-0.2, 0) is 6.61 Å². The second-order valence-electron chi connectivity index (χ2n) is 5.24. The summed E-state index contributed by atoms with van der Waals surface area (Å²) in [5.74, 6) is 1.71. The number of fused-ring (bicyclic) bond motifs is 5. The van der Waals surface area contributed by atoms with E-state index in [0.29, 0.717) is 35.0 Å². The van der Waals surface area contributed by atoms with Crippen LogP contribution in [0, 0.1) is 0 Å². The summed E-state index contributed by atoms with van der Waals surface area (Å²) >= 11 is 0. The number of methoxy groups -OCH3 is 2. The minimum atomic E-state index is -0.424. The minimum Gasteiger partial charge on any atom is -0.493 e. The first kappa shape index (κ1) is 13.7. The van der Waals surface area contributed by atoms with E-state index in [2.05, 4.69) is 0 Å². The van der Waals surface area contributed by atoms with Crippen molar-refractivity contribution in [1.29, 1.82) is 0 Å². The molecule has 0 fully saturated rings. The summed E-state index contributed by atoms with van der Waals surface area (Å²) in [6.07, 6.45) is 0. The molecule has 0 unspecified atom stereocenters. The standard InChI is InChI=1S/C18H14O5/c1-20-14-7-10-9-22-17-11-5-3-4-6-13(11)23-18(19)16(17)12(10)8-15(14)21-2/h3-8H,9H2,1-2H3. The molecule has 5 heteroatoms. The van der Waals surface area contributed by atoms with E-state index >= 15 is 0 Å². The number of hydrogen-bond acceptors (Lipinski definition) is 5. The van der Waals surface area contributed by atoms with E-state index in [9.17, 15) is 4.79 Å². The first-order valence-electron chi connectivity index (χ1n) is 7.17. The fraction of sp³-hybridized carbons (Fsp3) is 0.167. The Morgan fingerprint density at radius 2 is 1.78 bits per heavy atom. The summed E-state index contributed by atoms with van der Waals surface area (Å²) in [5, 5.41) is 0.780. The van der Waals surface area contributed by atoms with Crippen LogP contribution in [0.3, 0.4) is 0 Å². The molecule has 1 aliphatic heterocycles. The topological polar surface area (TPSA) is 57.9 Å². The normalized spacial score (nSPS) is 12.3. The monoisotopic (exact) mass is 310 g/mol. The van der Waals surface area contributed by atoms with E-state index in [4.69, 9.17) is 18.6 Å². The maximum atomic E-state index is 12.5. The second-order valence-corrected chi connectivity index (χ2v) is 5.24. The Kier molecular flexibility index (Phi) is 3.01. The minimum absolute atomic E-state index is 0.357. The van der Waals surface area contributed by atoms with Gasteiger partial charge < -0.3 is 18.6 Å². The second kappa shape index (κ2) is 5.05. The number of rotatable bonds is 2. The largest absolute Gasteiger partial charge is 0.493 e. The van der Waals surface area contributed by atoms with Gasteiger partial charge in [0.25, 0.3) is 0 Å². The van der Waals surface area contributed by atoms with Crippen LogP contribution in [0.15, 0.2) is 45.6 Å². The van der Waals surface area contributed by atoms with Gasteiger partial charge in [0, 0.05) is 11.1 Å². The van der Waals surface area contributed by atoms with Gasteiger partial charge in [-0.05, 0) is 24.3 Å². The Morgan fingerprint density at radius 1 is 1.04 bits per heavy atom. The average molecular weight is 310 g/mol. The molecule has 0 atom stereocenters. The predicted octanol–water partition coefficient (Wildman–Crippen LogP) is 3.37. The van der Waals surface area contributed by atoms with Crippen molar-refractivity contribution in [3.63, 3.8) is 0 Å². The van der Waals surface area contributed by atoms with Crippen LogP contribution in [0.1, 0.15) is 5.56 Å². The zero-order valence-electron chi connectivity index (χ0n) is 12.7. The quantitative estimate of drug-likeness (QED) is 0.679. The van der Waals surface area contributed by atoms with Crippen LogP contribution >= 0.6 is 0 Å². The molecular weight excluding hydrogens is 296 g/mol. The van der Waals surface area contributed by atoms with Crippen molar-refractivity contribution in [2.45, 2.75) is 6.61 Å². The Morgan fingerprint density at radius 3 is 2.57 bits per heavy atom. The van der Waals surface area contributed by atoms with Gasteiger partial charge in [0.1, 0.15) is 23.5 Å². The van der Waals surface area contributed by atoms with Gasteiger partial charge in [-0.1, -0.05) is 12.1 Å².